The first-order chi connectivity index (χ1) is 12.3. The second kappa shape index (κ2) is 8.84. The second-order valence-electron chi connectivity index (χ2n) is 5.99. The van der Waals surface area contributed by atoms with Gasteiger partial charge in [0, 0.05) is 24.2 Å². The molecule has 0 spiro atoms. The molecule has 142 valence electrons. The van der Waals surface area contributed by atoms with E-state index < -0.39 is 12.8 Å². The lowest BCUT2D eigenvalue weighted by atomic mass is 10.2. The molecule has 2 aromatic rings. The molecular weight excluding hydrogens is 347 g/mol. The number of aromatic nitrogens is 2. The lowest BCUT2D eigenvalue weighted by Gasteiger charge is -2.09. The number of carbonyl (C=O) groups is 1. The Labute approximate surface area is 150 Å². The number of nitrogens with one attached hydrogen (secondary N) is 1. The molecule has 1 aromatic carbocycles. The molecule has 26 heavy (non-hydrogen) atoms. The number of rotatable bonds is 8. The Kier molecular flexibility index (Phi) is 6.79. The molecule has 0 aliphatic heterocycles. The molecule has 0 saturated carbocycles. The van der Waals surface area contributed by atoms with Crippen molar-refractivity contribution in [2.45, 2.75) is 39.5 Å². The molecule has 1 N–H and O–H groups in total. The SMILES string of the molecule is Cc1nn(Cc2ccccc2)c(C)c1CNC(=O)CCOCC(F)(F)F. The van der Waals surface area contributed by atoms with E-state index >= 15 is 0 Å². The summed E-state index contributed by atoms with van der Waals surface area (Å²) in [6.07, 6.45) is -4.50. The molecule has 0 atom stereocenters. The van der Waals surface area contributed by atoms with Crippen molar-refractivity contribution in [1.29, 1.82) is 0 Å². The highest BCUT2D eigenvalue weighted by Crippen LogP contribution is 2.15. The molecule has 0 aliphatic carbocycles. The van der Waals surface area contributed by atoms with E-state index in [9.17, 15) is 18.0 Å². The van der Waals surface area contributed by atoms with Gasteiger partial charge in [-0.15, -0.1) is 0 Å². The summed E-state index contributed by atoms with van der Waals surface area (Å²) in [5.74, 6) is -0.359. The molecule has 0 unspecified atom stereocenters. The minimum Gasteiger partial charge on any atom is -0.372 e. The van der Waals surface area contributed by atoms with E-state index in [1.807, 2.05) is 48.9 Å². The number of benzene rings is 1. The van der Waals surface area contributed by atoms with Crippen LogP contribution in [0.15, 0.2) is 30.3 Å². The van der Waals surface area contributed by atoms with E-state index in [1.165, 1.54) is 0 Å². The quantitative estimate of drug-likeness (QED) is 0.728. The van der Waals surface area contributed by atoms with Gasteiger partial charge in [-0.05, 0) is 19.4 Å². The fourth-order valence-electron chi connectivity index (χ4n) is 2.53. The Morgan fingerprint density at radius 2 is 1.92 bits per heavy atom. The molecule has 0 aliphatic rings. The monoisotopic (exact) mass is 369 g/mol. The fourth-order valence-corrected chi connectivity index (χ4v) is 2.53. The number of hydrogen-bond acceptors (Lipinski definition) is 3. The summed E-state index contributed by atoms with van der Waals surface area (Å²) >= 11 is 0. The van der Waals surface area contributed by atoms with Crippen molar-refractivity contribution in [1.82, 2.24) is 15.1 Å². The van der Waals surface area contributed by atoms with E-state index in [0.717, 1.165) is 22.5 Å². The van der Waals surface area contributed by atoms with Crippen LogP contribution < -0.4 is 5.32 Å². The first-order valence-corrected chi connectivity index (χ1v) is 8.24. The van der Waals surface area contributed by atoms with E-state index in [-0.39, 0.29) is 25.5 Å². The third kappa shape index (κ3) is 6.18. The topological polar surface area (TPSA) is 56.2 Å². The summed E-state index contributed by atoms with van der Waals surface area (Å²) in [7, 11) is 0. The van der Waals surface area contributed by atoms with Crippen LogP contribution in [0.5, 0.6) is 0 Å². The Morgan fingerprint density at radius 1 is 1.23 bits per heavy atom. The number of aryl methyl sites for hydroxylation is 1. The summed E-state index contributed by atoms with van der Waals surface area (Å²) in [4.78, 5) is 11.8. The Bertz CT molecular complexity index is 727. The van der Waals surface area contributed by atoms with Gasteiger partial charge in [0.15, 0.2) is 0 Å². The molecule has 1 amide bonds. The van der Waals surface area contributed by atoms with Crippen molar-refractivity contribution in [2.24, 2.45) is 0 Å². The van der Waals surface area contributed by atoms with Gasteiger partial charge in [-0.2, -0.15) is 18.3 Å². The highest BCUT2D eigenvalue weighted by Gasteiger charge is 2.27. The highest BCUT2D eigenvalue weighted by atomic mass is 19.4. The minimum absolute atomic E-state index is 0.119. The smallest absolute Gasteiger partial charge is 0.372 e. The summed E-state index contributed by atoms with van der Waals surface area (Å²) in [6.45, 7) is 3.10. The number of nitrogens with zero attached hydrogens (tertiary/aromatic N) is 2. The average Bonchev–Trinajstić information content (AvgIpc) is 2.83. The summed E-state index contributed by atoms with van der Waals surface area (Å²) < 4.78 is 42.2. The molecule has 0 fully saturated rings. The fraction of sp³-hybridized carbons (Fsp3) is 0.444. The summed E-state index contributed by atoms with van der Waals surface area (Å²) in [5.41, 5.74) is 3.79. The highest BCUT2D eigenvalue weighted by molar-refractivity contribution is 5.76. The molecule has 0 bridgehead atoms. The number of amides is 1. The van der Waals surface area contributed by atoms with Crippen molar-refractivity contribution in [2.75, 3.05) is 13.2 Å². The molecule has 5 nitrogen and oxygen atoms in total. The van der Waals surface area contributed by atoms with Gasteiger partial charge in [0.1, 0.15) is 6.61 Å². The zero-order chi connectivity index (χ0) is 19.2. The summed E-state index contributed by atoms with van der Waals surface area (Å²) in [6, 6.07) is 9.90. The maximum absolute atomic E-state index is 12.0. The van der Waals surface area contributed by atoms with Gasteiger partial charge < -0.3 is 10.1 Å². The molecular formula is C18H22F3N3O2. The van der Waals surface area contributed by atoms with Gasteiger partial charge in [0.2, 0.25) is 5.91 Å². The zero-order valence-corrected chi connectivity index (χ0v) is 14.8. The van der Waals surface area contributed by atoms with Gasteiger partial charge in [-0.3, -0.25) is 9.48 Å². The average molecular weight is 369 g/mol. The second-order valence-corrected chi connectivity index (χ2v) is 5.99. The maximum atomic E-state index is 12.0. The summed E-state index contributed by atoms with van der Waals surface area (Å²) in [5, 5.41) is 7.20. The van der Waals surface area contributed by atoms with E-state index in [1.54, 1.807) is 0 Å². The molecule has 1 heterocycles. The zero-order valence-electron chi connectivity index (χ0n) is 14.8. The largest absolute Gasteiger partial charge is 0.411 e. The normalized spacial score (nSPS) is 11.6. The lowest BCUT2D eigenvalue weighted by molar-refractivity contribution is -0.174. The Hall–Kier alpha value is -2.35. The molecule has 0 radical (unpaired) electrons. The van der Waals surface area contributed by atoms with Crippen molar-refractivity contribution >= 4 is 5.91 Å². The van der Waals surface area contributed by atoms with Crippen LogP contribution in [0.25, 0.3) is 0 Å². The Balaban J connectivity index is 1.85. The van der Waals surface area contributed by atoms with Gasteiger partial charge in [0.25, 0.3) is 0 Å². The van der Waals surface area contributed by atoms with Gasteiger partial charge in [-0.25, -0.2) is 0 Å². The number of alkyl halides is 3. The van der Waals surface area contributed by atoms with Crippen LogP contribution in [0.3, 0.4) is 0 Å². The lowest BCUT2D eigenvalue weighted by Crippen LogP contribution is -2.25. The minimum atomic E-state index is -4.38. The Morgan fingerprint density at radius 3 is 2.58 bits per heavy atom. The molecule has 8 heteroatoms. The number of carbonyl (C=O) groups excluding carboxylic acids is 1. The predicted octanol–water partition coefficient (Wildman–Crippen LogP) is 3.13. The third-order valence-corrected chi connectivity index (χ3v) is 3.91. The molecule has 1 aromatic heterocycles. The number of halogens is 3. The van der Waals surface area contributed by atoms with Crippen LogP contribution in [-0.4, -0.2) is 35.1 Å². The van der Waals surface area contributed by atoms with Crippen molar-refractivity contribution in [3.05, 3.63) is 52.8 Å². The van der Waals surface area contributed by atoms with Crippen LogP contribution in [0.2, 0.25) is 0 Å². The maximum Gasteiger partial charge on any atom is 0.411 e. The van der Waals surface area contributed by atoms with Gasteiger partial charge >= 0.3 is 6.18 Å². The van der Waals surface area contributed by atoms with Crippen LogP contribution in [0.1, 0.15) is 28.9 Å². The van der Waals surface area contributed by atoms with E-state index in [4.69, 9.17) is 0 Å². The van der Waals surface area contributed by atoms with Crippen LogP contribution in [-0.2, 0) is 22.6 Å². The predicted molar refractivity (Wildman–Crippen MR) is 90.6 cm³/mol. The van der Waals surface area contributed by atoms with Crippen LogP contribution in [0, 0.1) is 13.8 Å². The standard InChI is InChI=1S/C18H22F3N3O2/c1-13-16(10-22-17(25)8-9-26-12-18(19,20)21)14(2)24(23-13)11-15-6-4-3-5-7-15/h3-7H,8-12H2,1-2H3,(H,22,25). The van der Waals surface area contributed by atoms with Crippen molar-refractivity contribution in [3.63, 3.8) is 0 Å². The first kappa shape index (κ1) is 20.0. The third-order valence-electron chi connectivity index (χ3n) is 3.91. The molecule has 0 saturated heterocycles. The number of hydrogen-bond donors (Lipinski definition) is 1. The molecule has 2 rings (SSSR count). The van der Waals surface area contributed by atoms with Crippen LogP contribution >= 0.6 is 0 Å². The number of ether oxygens (including phenoxy) is 1. The van der Waals surface area contributed by atoms with Gasteiger partial charge in [0.05, 0.1) is 18.8 Å². The van der Waals surface area contributed by atoms with Crippen molar-refractivity contribution in [3.8, 4) is 0 Å². The first-order valence-electron chi connectivity index (χ1n) is 8.24. The van der Waals surface area contributed by atoms with Gasteiger partial charge in [-0.1, -0.05) is 30.3 Å². The van der Waals surface area contributed by atoms with E-state index in [2.05, 4.69) is 15.2 Å². The van der Waals surface area contributed by atoms with Crippen molar-refractivity contribution < 1.29 is 22.7 Å². The van der Waals surface area contributed by atoms with E-state index in [0.29, 0.717) is 6.54 Å². The van der Waals surface area contributed by atoms with Crippen LogP contribution in [0.4, 0.5) is 13.2 Å².